The quantitative estimate of drug-likeness (QED) is 0.731. The maximum absolute atomic E-state index is 12.3. The summed E-state index contributed by atoms with van der Waals surface area (Å²) < 4.78 is 15.9. The average Bonchev–Trinajstić information content (AvgIpc) is 2.91. The summed E-state index contributed by atoms with van der Waals surface area (Å²) in [5, 5.41) is 2.44. The maximum Gasteiger partial charge on any atom is 0.267 e. The van der Waals surface area contributed by atoms with Gasteiger partial charge >= 0.3 is 0 Å². The van der Waals surface area contributed by atoms with Crippen molar-refractivity contribution in [3.63, 3.8) is 0 Å². The lowest BCUT2D eigenvalue weighted by Crippen LogP contribution is -2.31. The molecule has 0 radical (unpaired) electrons. The van der Waals surface area contributed by atoms with Crippen LogP contribution in [-0.4, -0.2) is 30.8 Å². The van der Waals surface area contributed by atoms with E-state index < -0.39 is 17.9 Å². The summed E-state index contributed by atoms with van der Waals surface area (Å²) in [5.74, 6) is -0.672. The summed E-state index contributed by atoms with van der Waals surface area (Å²) in [5.41, 5.74) is 5.22. The number of amides is 2. The van der Waals surface area contributed by atoms with Crippen LogP contribution in [0.2, 0.25) is 0 Å². The van der Waals surface area contributed by atoms with Gasteiger partial charge in [0, 0.05) is 0 Å². The van der Waals surface area contributed by atoms with Crippen LogP contribution in [-0.2, 0) is 4.79 Å². The number of primary amides is 1. The molecule has 1 unspecified atom stereocenters. The molecule has 0 aliphatic heterocycles. The van der Waals surface area contributed by atoms with E-state index in [0.717, 1.165) is 0 Å². The summed E-state index contributed by atoms with van der Waals surface area (Å²) in [4.78, 5) is 35.7. The minimum absolute atomic E-state index is 0.0523. The van der Waals surface area contributed by atoms with Crippen LogP contribution in [0.5, 0.6) is 11.5 Å². The summed E-state index contributed by atoms with van der Waals surface area (Å²) in [6.07, 6.45) is -0.893. The first-order valence-electron chi connectivity index (χ1n) is 7.80. The van der Waals surface area contributed by atoms with Crippen LogP contribution in [0, 0.1) is 6.92 Å². The maximum atomic E-state index is 12.3. The summed E-state index contributed by atoms with van der Waals surface area (Å²) in [7, 11) is 1.54. The highest BCUT2D eigenvalue weighted by Crippen LogP contribution is 2.27. The second-order valence-electron chi connectivity index (χ2n) is 5.58. The molecule has 2 rings (SSSR count). The predicted molar refractivity (Wildman–Crippen MR) is 93.7 cm³/mol. The lowest BCUT2D eigenvalue weighted by atomic mass is 10.1. The molecule has 8 heteroatoms. The number of ether oxygens (including phenoxy) is 2. The highest BCUT2D eigenvalue weighted by Gasteiger charge is 2.27. The molecule has 1 aromatic carbocycles. The van der Waals surface area contributed by atoms with Crippen molar-refractivity contribution in [3.05, 3.63) is 41.2 Å². The van der Waals surface area contributed by atoms with Crippen molar-refractivity contribution in [2.45, 2.75) is 26.9 Å². The van der Waals surface area contributed by atoms with Crippen molar-refractivity contribution >= 4 is 23.5 Å². The number of hydrogen-bond acceptors (Lipinski definition) is 6. The Hall–Kier alpha value is -3.29. The Morgan fingerprint density at radius 3 is 2.19 bits per heavy atom. The molecule has 2 aromatic rings. The highest BCUT2D eigenvalue weighted by molar-refractivity contribution is 6.12. The first-order chi connectivity index (χ1) is 12.2. The van der Waals surface area contributed by atoms with Crippen molar-refractivity contribution in [2.24, 2.45) is 5.73 Å². The Bertz CT molecular complexity index is 838. The Balaban J connectivity index is 2.17. The van der Waals surface area contributed by atoms with Crippen LogP contribution >= 0.6 is 0 Å². The van der Waals surface area contributed by atoms with Crippen LogP contribution in [0.4, 0.5) is 5.88 Å². The smallest absolute Gasteiger partial charge is 0.267 e. The van der Waals surface area contributed by atoms with Gasteiger partial charge in [-0.2, -0.15) is 0 Å². The summed E-state index contributed by atoms with van der Waals surface area (Å²) >= 11 is 0. The van der Waals surface area contributed by atoms with Crippen molar-refractivity contribution in [1.82, 2.24) is 0 Å². The number of ketones is 1. The number of rotatable bonds is 7. The van der Waals surface area contributed by atoms with E-state index >= 15 is 0 Å². The van der Waals surface area contributed by atoms with Gasteiger partial charge in [-0.25, -0.2) is 0 Å². The second-order valence-corrected chi connectivity index (χ2v) is 5.58. The number of methoxy groups -OCH3 is 1. The summed E-state index contributed by atoms with van der Waals surface area (Å²) in [6.45, 7) is 4.33. The van der Waals surface area contributed by atoms with Gasteiger partial charge in [0.15, 0.2) is 11.9 Å². The minimum Gasteiger partial charge on any atom is -0.497 e. The number of aryl methyl sites for hydroxylation is 1. The lowest BCUT2D eigenvalue weighted by molar-refractivity contribution is -0.122. The zero-order chi connectivity index (χ0) is 19.4. The molecule has 0 saturated carbocycles. The fourth-order valence-corrected chi connectivity index (χ4v) is 2.42. The first kappa shape index (κ1) is 19.0. The molecule has 26 heavy (non-hydrogen) atoms. The average molecular weight is 360 g/mol. The molecule has 1 heterocycles. The number of carbonyl (C=O) groups is 3. The Morgan fingerprint density at radius 1 is 1.12 bits per heavy atom. The van der Waals surface area contributed by atoms with Crippen LogP contribution in [0.1, 0.15) is 40.3 Å². The van der Waals surface area contributed by atoms with E-state index in [2.05, 4.69) is 5.32 Å². The van der Waals surface area contributed by atoms with Crippen molar-refractivity contribution in [3.8, 4) is 11.5 Å². The molecule has 0 spiro atoms. The van der Waals surface area contributed by atoms with Crippen molar-refractivity contribution in [2.75, 3.05) is 12.4 Å². The van der Waals surface area contributed by atoms with Gasteiger partial charge in [-0.1, -0.05) is 0 Å². The number of carbonyl (C=O) groups excluding carboxylic acids is 3. The van der Waals surface area contributed by atoms with Crippen molar-refractivity contribution < 1.29 is 28.3 Å². The third-order valence-electron chi connectivity index (χ3n) is 3.66. The van der Waals surface area contributed by atoms with E-state index in [1.165, 1.54) is 20.8 Å². The molecular weight excluding hydrogens is 340 g/mol. The molecule has 0 fully saturated rings. The molecule has 0 aliphatic rings. The third-order valence-corrected chi connectivity index (χ3v) is 3.66. The van der Waals surface area contributed by atoms with Crippen LogP contribution < -0.4 is 20.5 Å². The standard InChI is InChI=1S/C18H20N2O6/c1-9(21)14-10(2)26-18(15(14)16(19)22)20-17(23)11(3)25-13-7-5-12(24-4)6-8-13/h5-8,11H,1-4H3,(H2,19,22)(H,20,23). The number of hydrogen-bond donors (Lipinski definition) is 2. The van der Waals surface area contributed by atoms with Gasteiger partial charge in [0.1, 0.15) is 22.8 Å². The largest absolute Gasteiger partial charge is 0.497 e. The topological polar surface area (TPSA) is 121 Å². The second kappa shape index (κ2) is 7.73. The monoisotopic (exact) mass is 360 g/mol. The van der Waals surface area contributed by atoms with Crippen LogP contribution in [0.25, 0.3) is 0 Å². The first-order valence-corrected chi connectivity index (χ1v) is 7.80. The molecule has 3 N–H and O–H groups in total. The molecule has 0 saturated heterocycles. The molecule has 0 aliphatic carbocycles. The Kier molecular flexibility index (Phi) is 5.66. The molecule has 1 aromatic heterocycles. The van der Waals surface area contributed by atoms with Gasteiger partial charge in [0.25, 0.3) is 11.8 Å². The van der Waals surface area contributed by atoms with Gasteiger partial charge in [-0.05, 0) is 45.0 Å². The predicted octanol–water partition coefficient (Wildman–Crippen LogP) is 2.30. The Labute approximate surface area is 150 Å². The van der Waals surface area contributed by atoms with E-state index in [-0.39, 0.29) is 28.6 Å². The van der Waals surface area contributed by atoms with Gasteiger partial charge < -0.3 is 19.6 Å². The molecule has 8 nitrogen and oxygen atoms in total. The molecule has 1 atom stereocenters. The normalized spacial score (nSPS) is 11.5. The van der Waals surface area contributed by atoms with Gasteiger partial charge in [-0.15, -0.1) is 0 Å². The fraction of sp³-hybridized carbons (Fsp3) is 0.278. The number of anilines is 1. The zero-order valence-electron chi connectivity index (χ0n) is 14.9. The lowest BCUT2D eigenvalue weighted by Gasteiger charge is -2.14. The van der Waals surface area contributed by atoms with Gasteiger partial charge in [0.05, 0.1) is 12.7 Å². The van der Waals surface area contributed by atoms with E-state index in [1.807, 2.05) is 0 Å². The summed E-state index contributed by atoms with van der Waals surface area (Å²) in [6, 6.07) is 6.70. The molecule has 2 amide bonds. The SMILES string of the molecule is COc1ccc(OC(C)C(=O)Nc2oc(C)c(C(C)=O)c2C(N)=O)cc1. The van der Waals surface area contributed by atoms with Crippen molar-refractivity contribution in [1.29, 1.82) is 0 Å². The van der Waals surface area contributed by atoms with Gasteiger partial charge in [-0.3, -0.25) is 19.7 Å². The van der Waals surface area contributed by atoms with E-state index in [0.29, 0.717) is 11.5 Å². The Morgan fingerprint density at radius 2 is 1.69 bits per heavy atom. The number of nitrogens with two attached hydrogens (primary N) is 1. The van der Waals surface area contributed by atoms with Crippen LogP contribution in [0.15, 0.2) is 28.7 Å². The van der Waals surface area contributed by atoms with E-state index in [1.54, 1.807) is 31.4 Å². The van der Waals surface area contributed by atoms with Gasteiger partial charge in [0.2, 0.25) is 5.88 Å². The number of nitrogens with one attached hydrogen (secondary N) is 1. The fourth-order valence-electron chi connectivity index (χ4n) is 2.42. The minimum atomic E-state index is -0.893. The highest BCUT2D eigenvalue weighted by atomic mass is 16.5. The third kappa shape index (κ3) is 4.02. The zero-order valence-corrected chi connectivity index (χ0v) is 14.9. The number of Topliss-reactive ketones (excluding diaryl/α,β-unsaturated/α-hetero) is 1. The number of benzene rings is 1. The molecular formula is C18H20N2O6. The molecule has 0 bridgehead atoms. The van der Waals surface area contributed by atoms with E-state index in [4.69, 9.17) is 19.6 Å². The van der Waals surface area contributed by atoms with Crippen LogP contribution in [0.3, 0.4) is 0 Å². The molecule has 138 valence electrons. The van der Waals surface area contributed by atoms with E-state index in [9.17, 15) is 14.4 Å². The number of furan rings is 1.